The van der Waals surface area contributed by atoms with Gasteiger partial charge in [0.05, 0.1) is 6.54 Å². The number of carbonyl (C=O) groups excluding carboxylic acids is 1. The third-order valence-corrected chi connectivity index (χ3v) is 0.724. The molecule has 0 unspecified atom stereocenters. The molecule has 0 fully saturated rings. The van der Waals surface area contributed by atoms with Crippen molar-refractivity contribution in [3.05, 3.63) is 12.2 Å². The van der Waals surface area contributed by atoms with E-state index in [-0.39, 0.29) is 6.61 Å². The number of nitrogens with zero attached hydrogens (tertiary/aromatic N) is 1. The molecular weight excluding hydrogens is 118 g/mol. The highest BCUT2D eigenvalue weighted by atomic mass is 16.2. The van der Waals surface area contributed by atoms with Gasteiger partial charge in [0.2, 0.25) is 6.08 Å². The molecule has 1 N–H and O–H groups in total. The Morgan fingerprint density at radius 2 is 2.33 bits per heavy atom. The van der Waals surface area contributed by atoms with E-state index in [2.05, 4.69) is 4.99 Å². The van der Waals surface area contributed by atoms with Gasteiger partial charge in [-0.3, -0.25) is 0 Å². The quantitative estimate of drug-likeness (QED) is 0.334. The van der Waals surface area contributed by atoms with Crippen LogP contribution < -0.4 is 0 Å². The molecule has 0 radical (unpaired) electrons. The Labute approximate surface area is 53.7 Å². The summed E-state index contributed by atoms with van der Waals surface area (Å²) in [5, 5.41) is 8.26. The average Bonchev–Trinajstić information content (AvgIpc) is 1.89. The van der Waals surface area contributed by atoms with Gasteiger partial charge in [0, 0.05) is 6.61 Å². The second-order valence-electron chi connectivity index (χ2n) is 1.42. The first-order valence-electron chi connectivity index (χ1n) is 2.71. The fourth-order valence-corrected chi connectivity index (χ4v) is 0.357. The van der Waals surface area contributed by atoms with Gasteiger partial charge < -0.3 is 5.11 Å². The Bertz CT molecular complexity index is 125. The molecule has 0 rings (SSSR count). The van der Waals surface area contributed by atoms with Gasteiger partial charge in [-0.1, -0.05) is 12.2 Å². The van der Waals surface area contributed by atoms with Crippen molar-refractivity contribution in [2.45, 2.75) is 6.42 Å². The fraction of sp³-hybridized carbons (Fsp3) is 0.500. The highest BCUT2D eigenvalue weighted by Crippen LogP contribution is 1.79. The molecule has 0 saturated heterocycles. The number of aliphatic hydroxyl groups is 1. The van der Waals surface area contributed by atoms with E-state index < -0.39 is 0 Å². The van der Waals surface area contributed by atoms with E-state index in [1.807, 2.05) is 0 Å². The van der Waals surface area contributed by atoms with Crippen LogP contribution in [0.25, 0.3) is 0 Å². The van der Waals surface area contributed by atoms with Crippen molar-refractivity contribution in [3.8, 4) is 0 Å². The maximum Gasteiger partial charge on any atom is 0.235 e. The number of hydrogen-bond acceptors (Lipinski definition) is 3. The molecule has 0 bridgehead atoms. The van der Waals surface area contributed by atoms with Gasteiger partial charge in [-0.15, -0.1) is 0 Å². The van der Waals surface area contributed by atoms with Crippen molar-refractivity contribution in [1.29, 1.82) is 0 Å². The Kier molecular flexibility index (Phi) is 6.36. The molecule has 0 aromatic heterocycles. The maximum atomic E-state index is 9.46. The zero-order valence-corrected chi connectivity index (χ0v) is 5.08. The molecule has 0 atom stereocenters. The molecule has 3 nitrogen and oxygen atoms in total. The molecule has 0 aliphatic carbocycles. The standard InChI is InChI=1S/C6H9NO2/c8-5-3-1-2-4-7-6-9/h1-2,8H,3-5H2/b2-1-. The fourth-order valence-electron chi connectivity index (χ4n) is 0.357. The Morgan fingerprint density at radius 1 is 1.56 bits per heavy atom. The number of isocyanates is 1. The van der Waals surface area contributed by atoms with Crippen LogP contribution in [0.2, 0.25) is 0 Å². The van der Waals surface area contributed by atoms with Crippen LogP contribution in [0.5, 0.6) is 0 Å². The first kappa shape index (κ1) is 8.08. The van der Waals surface area contributed by atoms with Crippen LogP contribution in [0.15, 0.2) is 17.1 Å². The van der Waals surface area contributed by atoms with E-state index in [4.69, 9.17) is 5.11 Å². The van der Waals surface area contributed by atoms with Crippen molar-refractivity contribution < 1.29 is 9.90 Å². The molecule has 3 heteroatoms. The Hall–Kier alpha value is -0.920. The summed E-state index contributed by atoms with van der Waals surface area (Å²) in [7, 11) is 0. The van der Waals surface area contributed by atoms with Gasteiger partial charge in [-0.05, 0) is 6.42 Å². The second kappa shape index (κ2) is 7.08. The summed E-state index contributed by atoms with van der Waals surface area (Å²) in [6, 6.07) is 0. The minimum atomic E-state index is 0.140. The van der Waals surface area contributed by atoms with E-state index in [1.54, 1.807) is 12.2 Å². The predicted octanol–water partition coefficient (Wildman–Crippen LogP) is 0.261. The van der Waals surface area contributed by atoms with Gasteiger partial charge in [0.25, 0.3) is 0 Å². The van der Waals surface area contributed by atoms with Crippen molar-refractivity contribution >= 4 is 6.08 Å². The summed E-state index contributed by atoms with van der Waals surface area (Å²) < 4.78 is 0. The number of rotatable bonds is 4. The van der Waals surface area contributed by atoms with Gasteiger partial charge in [0.15, 0.2) is 0 Å². The molecule has 9 heavy (non-hydrogen) atoms. The summed E-state index contributed by atoms with van der Waals surface area (Å²) in [5.41, 5.74) is 0. The first-order valence-corrected chi connectivity index (χ1v) is 2.71. The van der Waals surface area contributed by atoms with Gasteiger partial charge in [-0.25, -0.2) is 9.79 Å². The Balaban J connectivity index is 3.14. The van der Waals surface area contributed by atoms with E-state index in [0.717, 1.165) is 0 Å². The lowest BCUT2D eigenvalue weighted by molar-refractivity contribution is 0.302. The lowest BCUT2D eigenvalue weighted by Gasteiger charge is -1.80. The second-order valence-corrected chi connectivity index (χ2v) is 1.42. The first-order chi connectivity index (χ1) is 4.41. The molecule has 0 saturated carbocycles. The summed E-state index contributed by atoms with van der Waals surface area (Å²) in [6.07, 6.45) is 5.50. The van der Waals surface area contributed by atoms with Crippen molar-refractivity contribution in [2.75, 3.05) is 13.2 Å². The SMILES string of the molecule is O=C=NC/C=C\CCO. The average molecular weight is 127 g/mol. The lowest BCUT2D eigenvalue weighted by Crippen LogP contribution is -1.76. The van der Waals surface area contributed by atoms with Crippen LogP contribution in [0.4, 0.5) is 0 Å². The molecule has 0 amide bonds. The van der Waals surface area contributed by atoms with Crippen LogP contribution in [0.3, 0.4) is 0 Å². The third-order valence-electron chi connectivity index (χ3n) is 0.724. The van der Waals surface area contributed by atoms with E-state index in [0.29, 0.717) is 13.0 Å². The lowest BCUT2D eigenvalue weighted by atomic mass is 10.4. The highest BCUT2D eigenvalue weighted by Gasteiger charge is 1.72. The molecule has 0 heterocycles. The molecule has 0 spiro atoms. The number of hydrogen-bond donors (Lipinski definition) is 1. The molecular formula is C6H9NO2. The van der Waals surface area contributed by atoms with Crippen LogP contribution in [0, 0.1) is 0 Å². The molecule has 50 valence electrons. The van der Waals surface area contributed by atoms with Crippen LogP contribution in [0.1, 0.15) is 6.42 Å². The van der Waals surface area contributed by atoms with Crippen LogP contribution >= 0.6 is 0 Å². The minimum absolute atomic E-state index is 0.140. The van der Waals surface area contributed by atoms with Gasteiger partial charge >= 0.3 is 0 Å². The molecule has 0 aliphatic rings. The van der Waals surface area contributed by atoms with Crippen molar-refractivity contribution in [1.82, 2.24) is 0 Å². The Morgan fingerprint density at radius 3 is 2.89 bits per heavy atom. The van der Waals surface area contributed by atoms with Crippen molar-refractivity contribution in [2.24, 2.45) is 4.99 Å². The summed E-state index contributed by atoms with van der Waals surface area (Å²) in [4.78, 5) is 12.7. The van der Waals surface area contributed by atoms with Crippen LogP contribution in [-0.4, -0.2) is 24.3 Å². The summed E-state index contributed by atoms with van der Waals surface area (Å²) >= 11 is 0. The van der Waals surface area contributed by atoms with Gasteiger partial charge in [0.1, 0.15) is 0 Å². The molecule has 0 aromatic carbocycles. The topological polar surface area (TPSA) is 49.7 Å². The zero-order valence-electron chi connectivity index (χ0n) is 5.08. The van der Waals surface area contributed by atoms with E-state index >= 15 is 0 Å². The van der Waals surface area contributed by atoms with E-state index in [9.17, 15) is 4.79 Å². The number of aliphatic imine (C=N–C) groups is 1. The van der Waals surface area contributed by atoms with E-state index in [1.165, 1.54) is 6.08 Å². The monoisotopic (exact) mass is 127 g/mol. The largest absolute Gasteiger partial charge is 0.396 e. The highest BCUT2D eigenvalue weighted by molar-refractivity contribution is 5.33. The third kappa shape index (κ3) is 7.08. The molecule has 0 aliphatic heterocycles. The summed E-state index contributed by atoms with van der Waals surface area (Å²) in [5.74, 6) is 0. The molecule has 0 aromatic rings. The van der Waals surface area contributed by atoms with Crippen molar-refractivity contribution in [3.63, 3.8) is 0 Å². The van der Waals surface area contributed by atoms with Crippen LogP contribution in [-0.2, 0) is 4.79 Å². The minimum Gasteiger partial charge on any atom is -0.396 e. The maximum absolute atomic E-state index is 9.46. The normalized spacial score (nSPS) is 9.44. The smallest absolute Gasteiger partial charge is 0.235 e. The predicted molar refractivity (Wildman–Crippen MR) is 33.8 cm³/mol. The zero-order chi connectivity index (χ0) is 6.95. The van der Waals surface area contributed by atoms with Gasteiger partial charge in [-0.2, -0.15) is 0 Å². The summed E-state index contributed by atoms with van der Waals surface area (Å²) in [6.45, 7) is 0.505. The number of aliphatic hydroxyl groups excluding tert-OH is 1.